The van der Waals surface area contributed by atoms with Gasteiger partial charge in [0.15, 0.2) is 0 Å². The molecule has 0 radical (unpaired) electrons. The van der Waals surface area contributed by atoms with Crippen molar-refractivity contribution in [2.75, 3.05) is 13.1 Å². The topological polar surface area (TPSA) is 86.8 Å². The molecule has 0 aliphatic carbocycles. The first-order chi connectivity index (χ1) is 9.93. The predicted molar refractivity (Wildman–Crippen MR) is 79.9 cm³/mol. The van der Waals surface area contributed by atoms with Gasteiger partial charge in [0.2, 0.25) is 23.6 Å². The SMILES string of the molecule is O=C1CCC(N2C(=O)CC3(CCN(I)CC3)C2=O)C(=O)N1. The number of likely N-dealkylation sites (tertiary alicyclic amines) is 1. The lowest BCUT2D eigenvalue weighted by Gasteiger charge is -2.35. The van der Waals surface area contributed by atoms with Crippen molar-refractivity contribution in [3.8, 4) is 0 Å². The van der Waals surface area contributed by atoms with Crippen LogP contribution in [0, 0.1) is 5.41 Å². The van der Waals surface area contributed by atoms with Crippen molar-refractivity contribution in [1.29, 1.82) is 0 Å². The van der Waals surface area contributed by atoms with Crippen LogP contribution in [-0.4, -0.2) is 50.8 Å². The summed E-state index contributed by atoms with van der Waals surface area (Å²) in [6.45, 7) is 1.53. The Morgan fingerprint density at radius 1 is 1.14 bits per heavy atom. The maximum atomic E-state index is 12.7. The molecule has 1 atom stereocenters. The molecule has 3 fully saturated rings. The molecular weight excluding hydrogens is 389 g/mol. The highest BCUT2D eigenvalue weighted by molar-refractivity contribution is 14.1. The van der Waals surface area contributed by atoms with Crippen LogP contribution in [0.4, 0.5) is 0 Å². The molecule has 7 nitrogen and oxygen atoms in total. The highest BCUT2D eigenvalue weighted by Crippen LogP contribution is 2.44. The number of hydrogen-bond donors (Lipinski definition) is 1. The van der Waals surface area contributed by atoms with Gasteiger partial charge >= 0.3 is 0 Å². The minimum atomic E-state index is -0.820. The van der Waals surface area contributed by atoms with Gasteiger partial charge in [0.25, 0.3) is 0 Å². The van der Waals surface area contributed by atoms with Crippen molar-refractivity contribution in [1.82, 2.24) is 13.3 Å². The summed E-state index contributed by atoms with van der Waals surface area (Å²) in [7, 11) is 0. The summed E-state index contributed by atoms with van der Waals surface area (Å²) in [6, 6.07) is -0.820. The van der Waals surface area contributed by atoms with E-state index in [-0.39, 0.29) is 37.0 Å². The number of carbonyl (C=O) groups is 4. The van der Waals surface area contributed by atoms with Crippen molar-refractivity contribution in [3.63, 3.8) is 0 Å². The molecule has 21 heavy (non-hydrogen) atoms. The molecular formula is C13H16IN3O4. The number of rotatable bonds is 1. The zero-order valence-corrected chi connectivity index (χ0v) is 13.6. The first-order valence-electron chi connectivity index (χ1n) is 7.04. The van der Waals surface area contributed by atoms with Gasteiger partial charge in [0.1, 0.15) is 6.04 Å². The Labute approximate surface area is 135 Å². The minimum Gasteiger partial charge on any atom is -0.295 e. The number of hydrogen-bond acceptors (Lipinski definition) is 5. The number of carbonyl (C=O) groups excluding carboxylic acids is 4. The van der Waals surface area contributed by atoms with Gasteiger partial charge in [-0.3, -0.25) is 29.4 Å². The van der Waals surface area contributed by atoms with Crippen molar-refractivity contribution in [3.05, 3.63) is 0 Å². The number of imide groups is 2. The number of amides is 4. The molecule has 0 aromatic carbocycles. The monoisotopic (exact) mass is 405 g/mol. The van der Waals surface area contributed by atoms with Crippen molar-refractivity contribution < 1.29 is 19.2 Å². The van der Waals surface area contributed by atoms with E-state index in [0.717, 1.165) is 18.0 Å². The summed E-state index contributed by atoms with van der Waals surface area (Å²) >= 11 is 2.21. The van der Waals surface area contributed by atoms with E-state index < -0.39 is 17.4 Å². The van der Waals surface area contributed by atoms with Gasteiger partial charge in [-0.2, -0.15) is 0 Å². The number of piperidine rings is 2. The summed E-state index contributed by atoms with van der Waals surface area (Å²) < 4.78 is 2.11. The standard InChI is InChI=1S/C13H16IN3O4/c14-16-5-3-13(4-6-16)7-10(19)17(12(13)21)8-1-2-9(18)15-11(8)20/h8H,1-7H2,(H,15,18,20). The van der Waals surface area contributed by atoms with Crippen LogP contribution in [0.15, 0.2) is 0 Å². The number of halogens is 1. The van der Waals surface area contributed by atoms with Crippen LogP contribution in [0.2, 0.25) is 0 Å². The maximum Gasteiger partial charge on any atom is 0.249 e. The van der Waals surface area contributed by atoms with Crippen LogP contribution in [0.5, 0.6) is 0 Å². The van der Waals surface area contributed by atoms with E-state index >= 15 is 0 Å². The Morgan fingerprint density at radius 3 is 2.43 bits per heavy atom. The normalized spacial score (nSPS) is 30.1. The van der Waals surface area contributed by atoms with Crippen molar-refractivity contribution in [2.45, 2.75) is 38.1 Å². The molecule has 3 aliphatic heterocycles. The van der Waals surface area contributed by atoms with E-state index in [1.54, 1.807) is 0 Å². The predicted octanol–water partition coefficient (Wildman–Crippen LogP) is -0.0173. The molecule has 114 valence electrons. The molecule has 0 bridgehead atoms. The number of nitrogens with one attached hydrogen (secondary N) is 1. The Bertz CT molecular complexity index is 528. The summed E-state index contributed by atoms with van der Waals surface area (Å²) in [5.41, 5.74) is -0.638. The Hall–Kier alpha value is -1.03. The molecule has 3 aliphatic rings. The van der Waals surface area contributed by atoms with E-state index in [4.69, 9.17) is 0 Å². The van der Waals surface area contributed by atoms with Gasteiger partial charge in [0.05, 0.1) is 5.41 Å². The minimum absolute atomic E-state index is 0.169. The van der Waals surface area contributed by atoms with Gasteiger partial charge in [-0.15, -0.1) is 0 Å². The van der Waals surface area contributed by atoms with Gasteiger partial charge in [-0.1, -0.05) is 0 Å². The lowest BCUT2D eigenvalue weighted by Crippen LogP contribution is -2.55. The van der Waals surface area contributed by atoms with E-state index in [1.165, 1.54) is 0 Å². The third-order valence-electron chi connectivity index (χ3n) is 4.62. The molecule has 1 spiro atoms. The fourth-order valence-electron chi connectivity index (χ4n) is 3.36. The average Bonchev–Trinajstić information content (AvgIpc) is 2.66. The highest BCUT2D eigenvalue weighted by Gasteiger charge is 2.55. The fourth-order valence-corrected chi connectivity index (χ4v) is 3.84. The molecule has 3 heterocycles. The van der Waals surface area contributed by atoms with E-state index in [1.807, 2.05) is 0 Å². The van der Waals surface area contributed by atoms with Crippen LogP contribution in [-0.2, 0) is 19.2 Å². The van der Waals surface area contributed by atoms with Crippen LogP contribution in [0.1, 0.15) is 32.1 Å². The van der Waals surface area contributed by atoms with E-state index in [0.29, 0.717) is 12.8 Å². The van der Waals surface area contributed by atoms with Crippen LogP contribution in [0.3, 0.4) is 0 Å². The molecule has 0 aromatic heterocycles. The maximum absolute atomic E-state index is 12.7. The van der Waals surface area contributed by atoms with Gasteiger partial charge < -0.3 is 0 Å². The van der Waals surface area contributed by atoms with Gasteiger partial charge in [-0.05, 0) is 19.3 Å². The molecule has 3 saturated heterocycles. The van der Waals surface area contributed by atoms with E-state index in [9.17, 15) is 19.2 Å². The highest BCUT2D eigenvalue weighted by atomic mass is 127. The molecule has 1 unspecified atom stereocenters. The van der Waals surface area contributed by atoms with Crippen molar-refractivity contribution in [2.24, 2.45) is 5.41 Å². The van der Waals surface area contributed by atoms with Crippen LogP contribution < -0.4 is 5.32 Å². The fraction of sp³-hybridized carbons (Fsp3) is 0.692. The zero-order valence-electron chi connectivity index (χ0n) is 11.4. The van der Waals surface area contributed by atoms with Crippen molar-refractivity contribution >= 4 is 46.5 Å². The molecule has 0 saturated carbocycles. The van der Waals surface area contributed by atoms with Crippen LogP contribution >= 0.6 is 22.9 Å². The molecule has 0 aromatic rings. The quantitative estimate of drug-likeness (QED) is 0.377. The third kappa shape index (κ3) is 2.48. The largest absolute Gasteiger partial charge is 0.295 e. The third-order valence-corrected chi connectivity index (χ3v) is 5.58. The molecule has 3 rings (SSSR count). The average molecular weight is 405 g/mol. The lowest BCUT2D eigenvalue weighted by molar-refractivity contribution is -0.152. The number of nitrogens with zero attached hydrogens (tertiary/aromatic N) is 2. The van der Waals surface area contributed by atoms with Crippen LogP contribution in [0.25, 0.3) is 0 Å². The summed E-state index contributed by atoms with van der Waals surface area (Å²) in [6.07, 6.45) is 1.88. The summed E-state index contributed by atoms with van der Waals surface area (Å²) in [5.74, 6) is -1.39. The Kier molecular flexibility index (Phi) is 3.76. The Morgan fingerprint density at radius 2 is 1.81 bits per heavy atom. The van der Waals surface area contributed by atoms with Gasteiger partial charge in [-0.25, -0.2) is 3.11 Å². The smallest absolute Gasteiger partial charge is 0.249 e. The second-order valence-corrected chi connectivity index (χ2v) is 7.27. The molecule has 8 heteroatoms. The first kappa shape index (κ1) is 14.9. The Balaban J connectivity index is 1.81. The summed E-state index contributed by atoms with van der Waals surface area (Å²) in [4.78, 5) is 49.3. The molecule has 4 amide bonds. The summed E-state index contributed by atoms with van der Waals surface area (Å²) in [5, 5.41) is 2.21. The first-order valence-corrected chi connectivity index (χ1v) is 8.00. The second kappa shape index (κ2) is 5.31. The van der Waals surface area contributed by atoms with Gasteiger partial charge in [0, 0.05) is 48.8 Å². The van der Waals surface area contributed by atoms with E-state index in [2.05, 4.69) is 31.3 Å². The second-order valence-electron chi connectivity index (χ2n) is 5.90. The molecule has 1 N–H and O–H groups in total. The zero-order chi connectivity index (χ0) is 15.2. The lowest BCUT2D eigenvalue weighted by atomic mass is 9.77.